The van der Waals surface area contributed by atoms with E-state index in [-0.39, 0.29) is 6.42 Å². The lowest BCUT2D eigenvalue weighted by Gasteiger charge is -1.90. The Balaban J connectivity index is 3.46. The van der Waals surface area contributed by atoms with Crippen LogP contribution in [-0.2, 0) is 4.79 Å². The summed E-state index contributed by atoms with van der Waals surface area (Å²) in [4.78, 5) is 10.3. The number of aliphatic carboxylic acids is 1. The number of hydrogen-bond donors (Lipinski definition) is 1. The summed E-state index contributed by atoms with van der Waals surface area (Å²) in [6.45, 7) is 2.23. The van der Waals surface area contributed by atoms with Gasteiger partial charge < -0.3 is 5.11 Å². The van der Waals surface area contributed by atoms with Gasteiger partial charge in [-0.25, -0.2) is 0 Å². The number of allylic oxidation sites excluding steroid dienone is 10. The van der Waals surface area contributed by atoms with E-state index in [9.17, 15) is 4.79 Å². The second kappa shape index (κ2) is 19.2. The molecule has 0 heterocycles. The predicted octanol–water partition coefficient (Wildman–Crippen LogP) is 6.77. The zero-order valence-corrected chi connectivity index (χ0v) is 15.2. The number of carbonyl (C=O) groups is 1. The molecule has 0 rings (SSSR count). The highest BCUT2D eigenvalue weighted by Crippen LogP contribution is 2.01. The van der Waals surface area contributed by atoms with Crippen LogP contribution in [0.5, 0.6) is 0 Å². The van der Waals surface area contributed by atoms with Gasteiger partial charge in [0.05, 0.1) is 0 Å². The quantitative estimate of drug-likeness (QED) is 0.265. The van der Waals surface area contributed by atoms with Crippen molar-refractivity contribution in [1.29, 1.82) is 0 Å². The molecule has 0 atom stereocenters. The van der Waals surface area contributed by atoms with Gasteiger partial charge in [-0.3, -0.25) is 4.79 Å². The van der Waals surface area contributed by atoms with Gasteiger partial charge in [0.15, 0.2) is 0 Å². The zero-order chi connectivity index (χ0) is 17.7. The zero-order valence-electron chi connectivity index (χ0n) is 15.2. The summed E-state index contributed by atoms with van der Waals surface area (Å²) in [7, 11) is 0. The molecule has 0 spiro atoms. The molecule has 2 nitrogen and oxygen atoms in total. The second-order valence-corrected chi connectivity index (χ2v) is 5.73. The Morgan fingerprint density at radius 3 is 1.50 bits per heavy atom. The average molecular weight is 331 g/mol. The van der Waals surface area contributed by atoms with Crippen molar-refractivity contribution in [2.45, 2.75) is 71.1 Å². The van der Waals surface area contributed by atoms with Gasteiger partial charge in [-0.2, -0.15) is 0 Å². The van der Waals surface area contributed by atoms with Crippen molar-refractivity contribution in [3.63, 3.8) is 0 Å². The first kappa shape index (κ1) is 22.2. The van der Waals surface area contributed by atoms with E-state index < -0.39 is 5.97 Å². The van der Waals surface area contributed by atoms with Crippen LogP contribution in [0.3, 0.4) is 0 Å². The molecule has 134 valence electrons. The normalized spacial score (nSPS) is 12.7. The van der Waals surface area contributed by atoms with Gasteiger partial charge in [0.1, 0.15) is 0 Å². The maximum absolute atomic E-state index is 10.3. The Morgan fingerprint density at radius 2 is 1.08 bits per heavy atom. The first-order valence-electron chi connectivity index (χ1n) is 9.24. The highest BCUT2D eigenvalue weighted by molar-refractivity contribution is 5.66. The third kappa shape index (κ3) is 20.2. The van der Waals surface area contributed by atoms with Crippen LogP contribution in [0.2, 0.25) is 0 Å². The third-order valence-corrected chi connectivity index (χ3v) is 3.42. The molecule has 0 aromatic carbocycles. The van der Waals surface area contributed by atoms with E-state index in [4.69, 9.17) is 5.11 Å². The molecular formula is C22H34O2. The molecule has 0 saturated carbocycles. The molecule has 0 fully saturated rings. The number of rotatable bonds is 15. The van der Waals surface area contributed by atoms with E-state index >= 15 is 0 Å². The SMILES string of the molecule is CCCCC/C=C/C/C=C/C/C=C/C/C=C\C/C=C/CCC(=O)O. The predicted molar refractivity (Wildman–Crippen MR) is 105 cm³/mol. The summed E-state index contributed by atoms with van der Waals surface area (Å²) < 4.78 is 0. The maximum atomic E-state index is 10.3. The molecule has 0 radical (unpaired) electrons. The number of carboxylic acid groups (broad SMARTS) is 1. The van der Waals surface area contributed by atoms with E-state index in [1.165, 1.54) is 25.7 Å². The number of carboxylic acids is 1. The minimum Gasteiger partial charge on any atom is -0.481 e. The van der Waals surface area contributed by atoms with Crippen molar-refractivity contribution in [3.8, 4) is 0 Å². The third-order valence-electron chi connectivity index (χ3n) is 3.42. The summed E-state index contributed by atoms with van der Waals surface area (Å²) in [6.07, 6.45) is 31.4. The fourth-order valence-corrected chi connectivity index (χ4v) is 2.04. The summed E-state index contributed by atoms with van der Waals surface area (Å²) >= 11 is 0. The van der Waals surface area contributed by atoms with Crippen molar-refractivity contribution in [1.82, 2.24) is 0 Å². The van der Waals surface area contributed by atoms with Crippen LogP contribution >= 0.6 is 0 Å². The molecule has 0 bridgehead atoms. The smallest absolute Gasteiger partial charge is 0.303 e. The standard InChI is InChI=1S/C22H34O2/c1-2-3-4-5-6-7-8-9-10-11-12-13-14-15-16-17-18-19-20-21-22(23)24/h6-7,9-10,12-13,15-16,18-19H,2-5,8,11,14,17,20-21H2,1H3,(H,23,24)/b7-6+,10-9+,13-12+,16-15-,19-18+. The summed E-state index contributed by atoms with van der Waals surface area (Å²) in [6, 6.07) is 0. The molecule has 2 heteroatoms. The Hall–Kier alpha value is -1.83. The minimum atomic E-state index is -0.739. The van der Waals surface area contributed by atoms with Gasteiger partial charge >= 0.3 is 5.97 Å². The summed E-state index contributed by atoms with van der Waals surface area (Å²) in [5.74, 6) is -0.739. The van der Waals surface area contributed by atoms with E-state index in [1.807, 2.05) is 12.2 Å². The largest absolute Gasteiger partial charge is 0.481 e. The van der Waals surface area contributed by atoms with Crippen molar-refractivity contribution in [2.75, 3.05) is 0 Å². The monoisotopic (exact) mass is 330 g/mol. The Labute approximate surface area is 148 Å². The highest BCUT2D eigenvalue weighted by Gasteiger charge is 1.90. The molecule has 0 aromatic heterocycles. The van der Waals surface area contributed by atoms with Crippen LogP contribution in [0.1, 0.15) is 71.1 Å². The lowest BCUT2D eigenvalue weighted by atomic mass is 10.2. The molecule has 0 aromatic rings. The van der Waals surface area contributed by atoms with Crippen LogP contribution in [0.25, 0.3) is 0 Å². The molecule has 0 saturated heterocycles. The molecule has 0 aliphatic carbocycles. The minimum absolute atomic E-state index is 0.213. The van der Waals surface area contributed by atoms with E-state index in [2.05, 4.69) is 55.5 Å². The van der Waals surface area contributed by atoms with Crippen LogP contribution in [0.15, 0.2) is 60.8 Å². The summed E-state index contributed by atoms with van der Waals surface area (Å²) in [5, 5.41) is 8.49. The molecule has 1 N–H and O–H groups in total. The number of hydrogen-bond acceptors (Lipinski definition) is 1. The number of unbranched alkanes of at least 4 members (excludes halogenated alkanes) is 3. The average Bonchev–Trinajstić information content (AvgIpc) is 2.56. The van der Waals surface area contributed by atoms with Gasteiger partial charge in [0.2, 0.25) is 0 Å². The Kier molecular flexibility index (Phi) is 17.8. The van der Waals surface area contributed by atoms with Crippen molar-refractivity contribution >= 4 is 5.97 Å². The van der Waals surface area contributed by atoms with Crippen LogP contribution in [0.4, 0.5) is 0 Å². The van der Waals surface area contributed by atoms with E-state index in [1.54, 1.807) is 0 Å². The van der Waals surface area contributed by atoms with E-state index in [0.717, 1.165) is 25.7 Å². The van der Waals surface area contributed by atoms with Crippen molar-refractivity contribution in [3.05, 3.63) is 60.8 Å². The van der Waals surface area contributed by atoms with E-state index in [0.29, 0.717) is 6.42 Å². The van der Waals surface area contributed by atoms with Gasteiger partial charge in [-0.15, -0.1) is 0 Å². The van der Waals surface area contributed by atoms with Crippen molar-refractivity contribution in [2.24, 2.45) is 0 Å². The summed E-state index contributed by atoms with van der Waals surface area (Å²) in [5.41, 5.74) is 0. The van der Waals surface area contributed by atoms with Crippen LogP contribution in [0, 0.1) is 0 Å². The fourth-order valence-electron chi connectivity index (χ4n) is 2.04. The Morgan fingerprint density at radius 1 is 0.667 bits per heavy atom. The first-order valence-corrected chi connectivity index (χ1v) is 9.24. The molecule has 24 heavy (non-hydrogen) atoms. The van der Waals surface area contributed by atoms with Gasteiger partial charge in [0, 0.05) is 6.42 Å². The molecule has 0 aliphatic rings. The molecule has 0 unspecified atom stereocenters. The maximum Gasteiger partial charge on any atom is 0.303 e. The van der Waals surface area contributed by atoms with Gasteiger partial charge in [-0.1, -0.05) is 80.5 Å². The van der Waals surface area contributed by atoms with Crippen LogP contribution in [-0.4, -0.2) is 11.1 Å². The lowest BCUT2D eigenvalue weighted by molar-refractivity contribution is -0.136. The van der Waals surface area contributed by atoms with Gasteiger partial charge in [-0.05, 0) is 44.9 Å². The van der Waals surface area contributed by atoms with Gasteiger partial charge in [0.25, 0.3) is 0 Å². The molecular weight excluding hydrogens is 296 g/mol. The molecule has 0 aliphatic heterocycles. The lowest BCUT2D eigenvalue weighted by Crippen LogP contribution is -1.91. The van der Waals surface area contributed by atoms with Crippen molar-refractivity contribution < 1.29 is 9.90 Å². The fraction of sp³-hybridized carbons (Fsp3) is 0.500. The molecule has 0 amide bonds. The second-order valence-electron chi connectivity index (χ2n) is 5.73. The topological polar surface area (TPSA) is 37.3 Å². The first-order chi connectivity index (χ1) is 11.8. The Bertz CT molecular complexity index is 425. The highest BCUT2D eigenvalue weighted by atomic mass is 16.4. The van der Waals surface area contributed by atoms with Crippen LogP contribution < -0.4 is 0 Å².